The van der Waals surface area contributed by atoms with Crippen LogP contribution in [-0.4, -0.2) is 97.7 Å². The number of unbranched alkanes of at least 4 members (excludes halogenated alkanes) is 28. The molecule has 0 heterocycles. The van der Waals surface area contributed by atoms with Crippen molar-refractivity contribution < 1.29 is 29.5 Å². The van der Waals surface area contributed by atoms with Crippen LogP contribution in [-0.2, 0) is 29.5 Å². The van der Waals surface area contributed by atoms with E-state index in [0.29, 0.717) is 10.5 Å². The fraction of sp³-hybridized carbons (Fsp3) is 0.928. The molecule has 0 bridgehead atoms. The molecule has 1 unspecified atom stereocenters. The van der Waals surface area contributed by atoms with E-state index in [1.54, 1.807) is 0 Å². The third-order valence-electron chi connectivity index (χ3n) is 18.7. The van der Waals surface area contributed by atoms with E-state index < -0.39 is 92.1 Å². The molecule has 1 rings (SSSR count). The second kappa shape index (κ2) is 53.2. The van der Waals surface area contributed by atoms with Gasteiger partial charge in [0, 0.05) is 13.3 Å². The van der Waals surface area contributed by atoms with E-state index in [1.165, 1.54) is 211 Å². The lowest BCUT2D eigenvalue weighted by Gasteiger charge is -2.52. The third-order valence-corrected chi connectivity index (χ3v) is 49.4. The van der Waals surface area contributed by atoms with E-state index in [2.05, 4.69) is 245 Å². The first-order valence-corrected chi connectivity index (χ1v) is 75.3. The minimum Gasteiger partial charge on any atom is -0.437 e. The van der Waals surface area contributed by atoms with Gasteiger partial charge in [0.05, 0.1) is 13.7 Å². The Labute approximate surface area is 651 Å². The number of hydrogen-bond donors (Lipinski definition) is 0. The van der Waals surface area contributed by atoms with Gasteiger partial charge in [0.1, 0.15) is 0 Å². The fourth-order valence-corrected chi connectivity index (χ4v) is 50.7. The normalized spacial score (nSPS) is 13.9. The summed E-state index contributed by atoms with van der Waals surface area (Å²) in [4.78, 5) is 0. The van der Waals surface area contributed by atoms with Crippen molar-refractivity contribution in [2.45, 2.75) is 488 Å². The van der Waals surface area contributed by atoms with Gasteiger partial charge < -0.3 is 29.5 Å². The van der Waals surface area contributed by atoms with Crippen LogP contribution in [0.3, 0.4) is 0 Å². The Morgan fingerprint density at radius 2 is 0.653 bits per heavy atom. The zero-order chi connectivity index (χ0) is 77.4. The maximum atomic E-state index is 12.4. The van der Waals surface area contributed by atoms with Crippen LogP contribution in [0.2, 0.25) is 193 Å². The van der Waals surface area contributed by atoms with Crippen LogP contribution in [0.15, 0.2) is 30.3 Å². The van der Waals surface area contributed by atoms with E-state index in [-0.39, 0.29) is 25.9 Å². The van der Waals surface area contributed by atoms with Crippen molar-refractivity contribution in [3.8, 4) is 0 Å². The van der Waals surface area contributed by atoms with Gasteiger partial charge in [-0.3, -0.25) is 0 Å². The van der Waals surface area contributed by atoms with Gasteiger partial charge in [-0.25, -0.2) is 0 Å². The molecule has 0 aliphatic carbocycles. The third kappa shape index (κ3) is 64.5. The van der Waals surface area contributed by atoms with Crippen LogP contribution in [0, 0.1) is 10.8 Å². The van der Waals surface area contributed by atoms with E-state index in [1.807, 2.05) is 18.2 Å². The van der Waals surface area contributed by atoms with Gasteiger partial charge in [-0.1, -0.05) is 339 Å². The van der Waals surface area contributed by atoms with Gasteiger partial charge in [0.15, 0.2) is 49.9 Å². The Kier molecular flexibility index (Phi) is 58.3. The van der Waals surface area contributed by atoms with Gasteiger partial charge in [-0.15, -0.1) is 0 Å². The van der Waals surface area contributed by atoms with Gasteiger partial charge >= 0.3 is 17.4 Å². The predicted octanol–water partition coefficient (Wildman–Crippen LogP) is 31.5. The lowest BCUT2D eigenvalue weighted by Crippen LogP contribution is -2.67. The van der Waals surface area contributed by atoms with Crippen LogP contribution < -0.4 is 5.19 Å². The minimum absolute atomic E-state index is 0. The summed E-state index contributed by atoms with van der Waals surface area (Å²) in [5, 5.41) is 1.47. The Bertz CT molecular complexity index is 2060. The van der Waals surface area contributed by atoms with Gasteiger partial charge in [-0.05, 0) is 185 Å². The summed E-state index contributed by atoms with van der Waals surface area (Å²) in [5.74, 6) is 0. The molecule has 1 atom stereocenters. The first-order chi connectivity index (χ1) is 44.8. The highest BCUT2D eigenvalue weighted by molar-refractivity contribution is 6.95. The average Bonchev–Trinajstić information content (AvgIpc) is 0.772. The van der Waals surface area contributed by atoms with Crippen LogP contribution >= 0.6 is 0 Å². The second-order valence-corrected chi connectivity index (χ2v) is 88.4. The Hall–Kier alpha value is 1.17. The maximum Gasteiger partial charge on any atom is 0.505 e. The minimum atomic E-state index is -2.89. The molecule has 0 fully saturated rings. The number of benzene rings is 1. The Morgan fingerprint density at radius 1 is 0.366 bits per heavy atom. The van der Waals surface area contributed by atoms with Crippen molar-refractivity contribution in [2.24, 2.45) is 10.8 Å². The monoisotopic (exact) mass is 1610 g/mol. The molecular formula is C83H190O7Si11. The topological polar surface area (TPSA) is 72.5 Å². The van der Waals surface area contributed by atoms with E-state index in [0.717, 1.165) is 23.7 Å². The zero-order valence-electron chi connectivity index (χ0n) is 74.2. The van der Waals surface area contributed by atoms with Crippen molar-refractivity contribution in [1.82, 2.24) is 0 Å². The van der Waals surface area contributed by atoms with Crippen molar-refractivity contribution in [2.75, 3.05) is 0 Å². The standard InChI is InChI=1S/C27H58OSi2.C25H58O2Si3.C15H32O3Si4.C14H34OSi2.2CH4/c1-9-11-12-13-14-15-16-17-18-19-20-21-22-23-24-27(5,30(6,7)8)26(3,4)25-29(28)10-2;1-9-10-11-12-13-14-15-16-17-18-19-20-21-22-23-24-25-30(8,26-28(2,3)4)27-29(5,6)7;1-19(2,3)16-22(17-20(4,5)6,18-21(7,8)9)15-13-11-10-12-14-15;1-13(2,12-16(5,6)7)11-14(3,4)15-17(8,9)10;;/h2*9-25H2,1-8H3;10-14H,1-9H3;11-12H2,1-10H3;2*1H4. The molecule has 0 aliphatic heterocycles. The Morgan fingerprint density at radius 3 is 0.911 bits per heavy atom. The first kappa shape index (κ1) is 111. The van der Waals surface area contributed by atoms with Gasteiger partial charge in [-0.2, -0.15) is 0 Å². The molecule has 0 radical (unpaired) electrons. The molecule has 0 amide bonds. The van der Waals surface area contributed by atoms with Crippen LogP contribution in [0.1, 0.15) is 290 Å². The number of rotatable bonds is 54. The first-order valence-electron chi connectivity index (χ1n) is 41.6. The quantitative estimate of drug-likeness (QED) is 0.0475. The summed E-state index contributed by atoms with van der Waals surface area (Å²) in [6.45, 7) is 81.2. The SMILES string of the molecule is C.C.CC(C)(CC(C)(C)O[Si](C)(C)C)C[Si](C)(C)C.CCCCCCCCCCCCCCCCC(C)(C(C)(C)C[Si](=O)CC)[Si](C)(C)C.CCCCCCCCCCCCCCCCCC[Si](C)(O[Si](C)(C)C)O[Si](C)(C)C.C[Si](C)(C)O[Si](O[Si](C)(C)C)(O[Si](C)(C)C)c1ccccc1. The molecule has 101 heavy (non-hydrogen) atoms. The summed E-state index contributed by atoms with van der Waals surface area (Å²) in [6, 6.07) is 14.7. The number of hydrogen-bond acceptors (Lipinski definition) is 7. The largest absolute Gasteiger partial charge is 0.505 e. The summed E-state index contributed by atoms with van der Waals surface area (Å²) in [6.07, 6.45) is 45.3. The summed E-state index contributed by atoms with van der Waals surface area (Å²) < 4.78 is 52.0. The molecule has 608 valence electrons. The van der Waals surface area contributed by atoms with Crippen LogP contribution in [0.4, 0.5) is 0 Å². The zero-order valence-corrected chi connectivity index (χ0v) is 85.2. The molecule has 18 heteroatoms. The molecule has 7 nitrogen and oxygen atoms in total. The summed E-state index contributed by atoms with van der Waals surface area (Å²) >= 11 is 0. The highest BCUT2D eigenvalue weighted by Crippen LogP contribution is 2.58. The Balaban J connectivity index is -0.000000411. The van der Waals surface area contributed by atoms with Gasteiger partial charge in [0.2, 0.25) is 0 Å². The molecule has 0 N–H and O–H groups in total. The van der Waals surface area contributed by atoms with E-state index in [9.17, 15) is 4.46 Å². The highest BCUT2D eigenvalue weighted by Gasteiger charge is 2.53. The molecule has 0 saturated heterocycles. The van der Waals surface area contributed by atoms with Crippen molar-refractivity contribution in [1.29, 1.82) is 0 Å². The molecule has 0 aliphatic rings. The molecule has 0 aromatic heterocycles. The van der Waals surface area contributed by atoms with Crippen molar-refractivity contribution in [3.63, 3.8) is 0 Å². The maximum absolute atomic E-state index is 12.4. The molecule has 0 saturated carbocycles. The molecule has 1 aromatic rings. The van der Waals surface area contributed by atoms with Crippen molar-refractivity contribution in [3.05, 3.63) is 30.3 Å². The van der Waals surface area contributed by atoms with E-state index in [4.69, 9.17) is 25.0 Å². The summed E-state index contributed by atoms with van der Waals surface area (Å²) in [5.41, 5.74) is 0.612. The smallest absolute Gasteiger partial charge is 0.437 e. The van der Waals surface area contributed by atoms with Crippen molar-refractivity contribution >= 4 is 97.3 Å². The molecule has 1 aromatic carbocycles. The highest BCUT2D eigenvalue weighted by atomic mass is 28.5. The lowest BCUT2D eigenvalue weighted by molar-refractivity contribution is 0.0546. The van der Waals surface area contributed by atoms with E-state index >= 15 is 0 Å². The molecular weight excluding hydrogens is 1420 g/mol. The summed E-state index contributed by atoms with van der Waals surface area (Å²) in [7, 11) is -18.6. The van der Waals surface area contributed by atoms with Crippen LogP contribution in [0.25, 0.3) is 0 Å². The second-order valence-electron chi connectivity index (χ2n) is 41.1. The fourth-order valence-electron chi connectivity index (χ4n) is 15.2. The van der Waals surface area contributed by atoms with Gasteiger partial charge in [0.25, 0.3) is 8.68 Å². The van der Waals surface area contributed by atoms with Crippen LogP contribution in [0.5, 0.6) is 0 Å². The lowest BCUT2D eigenvalue weighted by atomic mass is 9.77. The molecule has 0 spiro atoms. The predicted molar refractivity (Wildman–Crippen MR) is 491 cm³/mol. The average molecular weight is 1610 g/mol.